The van der Waals surface area contributed by atoms with Gasteiger partial charge in [0.05, 0.1) is 11.7 Å². The molecule has 0 heterocycles. The molecule has 1 saturated carbocycles. The maximum atomic E-state index is 11.3. The average molecular weight is 298 g/mol. The lowest BCUT2D eigenvalue weighted by Gasteiger charge is -2.52. The summed E-state index contributed by atoms with van der Waals surface area (Å²) in [5, 5.41) is 13.0. The Bertz CT molecular complexity index is 516. The summed E-state index contributed by atoms with van der Waals surface area (Å²) >= 11 is 5.85. The number of carboxylic acid groups (broad SMARTS) is 1. The van der Waals surface area contributed by atoms with Crippen molar-refractivity contribution < 1.29 is 14.6 Å². The lowest BCUT2D eigenvalue weighted by Crippen LogP contribution is -2.58. The average Bonchev–Trinajstić information content (AvgIpc) is 2.39. The molecule has 2 unspecified atom stereocenters. The maximum absolute atomic E-state index is 11.3. The number of rotatable bonds is 5. The number of hydrogen-bond donors (Lipinski definition) is 2. The van der Waals surface area contributed by atoms with Crippen LogP contribution in [0.15, 0.2) is 18.2 Å². The third-order valence-corrected chi connectivity index (χ3v) is 4.32. The molecule has 0 amide bonds. The molecular formula is C15H20ClNO3. The molecule has 1 aliphatic rings. The SMILES string of the molecule is CCOC1CC(Nc2ccc(Cl)cc2C(=O)O)C1(C)C. The number of halogens is 1. The minimum absolute atomic E-state index is 0.0224. The lowest BCUT2D eigenvalue weighted by atomic mass is 9.64. The van der Waals surface area contributed by atoms with Gasteiger partial charge in [0, 0.05) is 28.8 Å². The number of nitrogens with one attached hydrogen (secondary N) is 1. The minimum Gasteiger partial charge on any atom is -0.478 e. The summed E-state index contributed by atoms with van der Waals surface area (Å²) in [6, 6.07) is 5.08. The van der Waals surface area contributed by atoms with Gasteiger partial charge in [-0.15, -0.1) is 0 Å². The highest BCUT2D eigenvalue weighted by atomic mass is 35.5. The predicted molar refractivity (Wildman–Crippen MR) is 79.6 cm³/mol. The molecule has 1 aliphatic carbocycles. The monoisotopic (exact) mass is 297 g/mol. The van der Waals surface area contributed by atoms with E-state index in [1.165, 1.54) is 6.07 Å². The molecule has 2 N–H and O–H groups in total. The van der Waals surface area contributed by atoms with Crippen LogP contribution in [0, 0.1) is 5.41 Å². The van der Waals surface area contributed by atoms with Crippen molar-refractivity contribution in [3.8, 4) is 0 Å². The Kier molecular flexibility index (Phi) is 4.25. The molecule has 0 aromatic heterocycles. The van der Waals surface area contributed by atoms with Crippen LogP contribution in [-0.4, -0.2) is 29.8 Å². The molecule has 0 saturated heterocycles. The molecule has 0 radical (unpaired) electrons. The van der Waals surface area contributed by atoms with Crippen LogP contribution in [-0.2, 0) is 4.74 Å². The summed E-state index contributed by atoms with van der Waals surface area (Å²) in [5.74, 6) is -0.978. The second-order valence-electron chi connectivity index (χ2n) is 5.69. The van der Waals surface area contributed by atoms with E-state index in [0.717, 1.165) is 6.42 Å². The Morgan fingerprint density at radius 1 is 1.55 bits per heavy atom. The van der Waals surface area contributed by atoms with E-state index in [1.54, 1.807) is 12.1 Å². The van der Waals surface area contributed by atoms with Crippen molar-refractivity contribution in [1.29, 1.82) is 0 Å². The highest BCUT2D eigenvalue weighted by Crippen LogP contribution is 2.44. The van der Waals surface area contributed by atoms with Gasteiger partial charge in [-0.3, -0.25) is 0 Å². The van der Waals surface area contributed by atoms with Crippen molar-refractivity contribution in [1.82, 2.24) is 0 Å². The van der Waals surface area contributed by atoms with E-state index in [-0.39, 0.29) is 23.1 Å². The Labute approximate surface area is 124 Å². The van der Waals surface area contributed by atoms with E-state index in [4.69, 9.17) is 16.3 Å². The Hall–Kier alpha value is -1.26. The van der Waals surface area contributed by atoms with Gasteiger partial charge in [0.25, 0.3) is 0 Å². The first-order valence-electron chi connectivity index (χ1n) is 6.77. The van der Waals surface area contributed by atoms with Gasteiger partial charge in [-0.05, 0) is 31.5 Å². The molecule has 2 atom stereocenters. The molecule has 1 fully saturated rings. The molecule has 1 aromatic carbocycles. The number of hydrogen-bond acceptors (Lipinski definition) is 3. The van der Waals surface area contributed by atoms with E-state index in [2.05, 4.69) is 19.2 Å². The van der Waals surface area contributed by atoms with Crippen LogP contribution in [0.2, 0.25) is 5.02 Å². The first kappa shape index (κ1) is 15.1. The maximum Gasteiger partial charge on any atom is 0.337 e. The van der Waals surface area contributed by atoms with Crippen LogP contribution in [0.4, 0.5) is 5.69 Å². The third-order valence-electron chi connectivity index (χ3n) is 4.09. The van der Waals surface area contributed by atoms with Crippen LogP contribution in [0.1, 0.15) is 37.6 Å². The van der Waals surface area contributed by atoms with Crippen molar-refractivity contribution in [3.05, 3.63) is 28.8 Å². The Morgan fingerprint density at radius 3 is 2.80 bits per heavy atom. The zero-order valence-electron chi connectivity index (χ0n) is 11.9. The minimum atomic E-state index is -0.978. The number of anilines is 1. The first-order valence-corrected chi connectivity index (χ1v) is 7.15. The fourth-order valence-electron chi connectivity index (χ4n) is 2.62. The zero-order valence-corrected chi connectivity index (χ0v) is 12.7. The van der Waals surface area contributed by atoms with E-state index < -0.39 is 5.97 Å². The first-order chi connectivity index (χ1) is 9.36. The largest absolute Gasteiger partial charge is 0.478 e. The summed E-state index contributed by atoms with van der Waals surface area (Å²) in [5.41, 5.74) is 0.786. The van der Waals surface area contributed by atoms with Gasteiger partial charge in [-0.1, -0.05) is 25.4 Å². The van der Waals surface area contributed by atoms with Crippen molar-refractivity contribution in [2.24, 2.45) is 5.41 Å². The third kappa shape index (κ3) is 2.76. The second-order valence-corrected chi connectivity index (χ2v) is 6.13. The molecular weight excluding hydrogens is 278 g/mol. The van der Waals surface area contributed by atoms with Crippen molar-refractivity contribution in [3.63, 3.8) is 0 Å². The van der Waals surface area contributed by atoms with Gasteiger partial charge in [0.2, 0.25) is 0 Å². The van der Waals surface area contributed by atoms with Gasteiger partial charge >= 0.3 is 5.97 Å². The second kappa shape index (κ2) is 5.62. The van der Waals surface area contributed by atoms with Crippen LogP contribution in [0.5, 0.6) is 0 Å². The van der Waals surface area contributed by atoms with Crippen molar-refractivity contribution >= 4 is 23.3 Å². The standard InChI is InChI=1S/C15H20ClNO3/c1-4-20-13-8-12(15(13,2)3)17-11-6-5-9(16)7-10(11)14(18)19/h5-7,12-13,17H,4,8H2,1-3H3,(H,18,19). The van der Waals surface area contributed by atoms with Gasteiger partial charge in [0.1, 0.15) is 0 Å². The predicted octanol–water partition coefficient (Wildman–Crippen LogP) is 3.65. The molecule has 0 bridgehead atoms. The zero-order chi connectivity index (χ0) is 14.9. The molecule has 4 nitrogen and oxygen atoms in total. The molecule has 20 heavy (non-hydrogen) atoms. The summed E-state index contributed by atoms with van der Waals surface area (Å²) in [7, 11) is 0. The molecule has 2 rings (SSSR count). The van der Waals surface area contributed by atoms with Gasteiger partial charge in [-0.2, -0.15) is 0 Å². The lowest BCUT2D eigenvalue weighted by molar-refractivity contribution is -0.0976. The highest BCUT2D eigenvalue weighted by Gasteiger charge is 2.49. The number of benzene rings is 1. The van der Waals surface area contributed by atoms with Gasteiger partial charge in [0.15, 0.2) is 0 Å². The molecule has 5 heteroatoms. The normalized spacial score (nSPS) is 24.0. The van der Waals surface area contributed by atoms with E-state index in [0.29, 0.717) is 17.3 Å². The number of aromatic carboxylic acids is 1. The Morgan fingerprint density at radius 2 is 2.25 bits per heavy atom. The number of ether oxygens (including phenoxy) is 1. The fourth-order valence-corrected chi connectivity index (χ4v) is 2.79. The van der Waals surface area contributed by atoms with E-state index >= 15 is 0 Å². The van der Waals surface area contributed by atoms with Gasteiger partial charge < -0.3 is 15.2 Å². The summed E-state index contributed by atoms with van der Waals surface area (Å²) in [6.07, 6.45) is 1.09. The van der Waals surface area contributed by atoms with Crippen LogP contribution in [0.3, 0.4) is 0 Å². The van der Waals surface area contributed by atoms with Crippen LogP contribution < -0.4 is 5.32 Å². The van der Waals surface area contributed by atoms with E-state index in [1.807, 2.05) is 6.92 Å². The highest BCUT2D eigenvalue weighted by molar-refractivity contribution is 6.31. The van der Waals surface area contributed by atoms with Crippen LogP contribution >= 0.6 is 11.6 Å². The molecule has 0 aliphatic heterocycles. The van der Waals surface area contributed by atoms with Crippen molar-refractivity contribution in [2.45, 2.75) is 39.3 Å². The fraction of sp³-hybridized carbons (Fsp3) is 0.533. The van der Waals surface area contributed by atoms with Gasteiger partial charge in [-0.25, -0.2) is 4.79 Å². The molecule has 1 aromatic rings. The van der Waals surface area contributed by atoms with Crippen molar-refractivity contribution in [2.75, 3.05) is 11.9 Å². The summed E-state index contributed by atoms with van der Waals surface area (Å²) in [6.45, 7) is 6.94. The molecule has 110 valence electrons. The van der Waals surface area contributed by atoms with Crippen LogP contribution in [0.25, 0.3) is 0 Å². The molecule has 0 spiro atoms. The number of carboxylic acids is 1. The quantitative estimate of drug-likeness (QED) is 0.871. The summed E-state index contributed by atoms with van der Waals surface area (Å²) in [4.78, 5) is 11.3. The summed E-state index contributed by atoms with van der Waals surface area (Å²) < 4.78 is 5.68. The topological polar surface area (TPSA) is 58.6 Å². The van der Waals surface area contributed by atoms with E-state index in [9.17, 15) is 9.90 Å². The Balaban J connectivity index is 2.14. The smallest absolute Gasteiger partial charge is 0.337 e. The number of carbonyl (C=O) groups is 1.